The fourth-order valence-corrected chi connectivity index (χ4v) is 6.90. The molecule has 0 saturated carbocycles. The molecule has 12 heteroatoms. The number of hydrogen-bond donors (Lipinski definition) is 4. The SMILES string of the molecule is CC(C)C1NC(=O)C[C@H]2/C=C/CCSSC[C@@H](NC1=O)C(=O)NC(Cc1cccc3ccccc13)C(=O)NCC(=O)O2. The van der Waals surface area contributed by atoms with Gasteiger partial charge in [-0.2, -0.15) is 0 Å². The average molecular weight is 613 g/mol. The van der Waals surface area contributed by atoms with E-state index in [9.17, 15) is 24.0 Å². The molecular formula is C30H36N4O6S2. The van der Waals surface area contributed by atoms with Gasteiger partial charge < -0.3 is 26.0 Å². The number of hydrogen-bond acceptors (Lipinski definition) is 8. The van der Waals surface area contributed by atoms with Crippen molar-refractivity contribution in [3.05, 3.63) is 60.2 Å². The molecule has 2 unspecified atom stereocenters. The summed E-state index contributed by atoms with van der Waals surface area (Å²) in [6.07, 6.45) is 3.23. The number of amides is 4. The van der Waals surface area contributed by atoms with Gasteiger partial charge in [0.2, 0.25) is 23.6 Å². The van der Waals surface area contributed by atoms with Crippen LogP contribution in [-0.4, -0.2) is 71.9 Å². The van der Waals surface area contributed by atoms with Crippen molar-refractivity contribution >= 4 is 62.0 Å². The summed E-state index contributed by atoms with van der Waals surface area (Å²) in [5.41, 5.74) is 0.842. The average Bonchev–Trinajstić information content (AvgIpc) is 2.96. The minimum absolute atomic E-state index is 0.159. The van der Waals surface area contributed by atoms with E-state index in [1.54, 1.807) is 19.9 Å². The van der Waals surface area contributed by atoms with Crippen molar-refractivity contribution in [3.8, 4) is 0 Å². The number of rotatable bonds is 3. The molecule has 2 heterocycles. The van der Waals surface area contributed by atoms with Crippen LogP contribution in [0.5, 0.6) is 0 Å². The third kappa shape index (κ3) is 8.75. The van der Waals surface area contributed by atoms with E-state index in [1.165, 1.54) is 21.6 Å². The maximum absolute atomic E-state index is 13.7. The summed E-state index contributed by atoms with van der Waals surface area (Å²) in [5, 5.41) is 12.9. The summed E-state index contributed by atoms with van der Waals surface area (Å²) in [6.45, 7) is 3.14. The van der Waals surface area contributed by atoms with E-state index in [0.29, 0.717) is 12.2 Å². The van der Waals surface area contributed by atoms with Gasteiger partial charge in [0, 0.05) is 17.9 Å². The third-order valence-corrected chi connectivity index (χ3v) is 9.40. The standard InChI is InChI=1S/C30H36N4O6S2/c1-18(2)27-30(39)33-24-17-42-41-13-6-5-11-21(15-25(35)34-27)40-26(36)16-31-28(37)23(32-29(24)38)14-20-10-7-9-19-8-3-4-12-22(19)20/h3-5,7-12,18,21,23-24,27H,6,13-17H2,1-2H3,(H,31,37)(H,32,38)(H,33,39)(H,34,35)/b11-5+/t21-,23?,24-,27?/m1/s1. The smallest absolute Gasteiger partial charge is 0.326 e. The monoisotopic (exact) mass is 612 g/mol. The van der Waals surface area contributed by atoms with Crippen LogP contribution in [0.15, 0.2) is 54.6 Å². The van der Waals surface area contributed by atoms with Gasteiger partial charge in [-0.15, -0.1) is 0 Å². The quantitative estimate of drug-likeness (QED) is 0.235. The molecule has 2 aliphatic heterocycles. The van der Waals surface area contributed by atoms with Gasteiger partial charge in [0.15, 0.2) is 0 Å². The van der Waals surface area contributed by atoms with Gasteiger partial charge in [-0.25, -0.2) is 0 Å². The molecule has 2 aliphatic rings. The molecule has 10 nitrogen and oxygen atoms in total. The summed E-state index contributed by atoms with van der Waals surface area (Å²) in [6, 6.07) is 10.6. The Morgan fingerprint density at radius 1 is 0.905 bits per heavy atom. The normalized spacial score (nSPS) is 25.9. The van der Waals surface area contributed by atoms with Crippen LogP contribution in [0.1, 0.15) is 32.3 Å². The summed E-state index contributed by atoms with van der Waals surface area (Å²) in [5.74, 6) is -2.14. The predicted molar refractivity (Wildman–Crippen MR) is 164 cm³/mol. The summed E-state index contributed by atoms with van der Waals surface area (Å²) < 4.78 is 5.54. The number of carbonyl (C=O) groups is 5. The largest absolute Gasteiger partial charge is 0.456 e. The minimum Gasteiger partial charge on any atom is -0.456 e. The van der Waals surface area contributed by atoms with E-state index in [-0.39, 0.29) is 24.5 Å². The first kappa shape index (κ1) is 31.4. The van der Waals surface area contributed by atoms with Crippen LogP contribution in [0.25, 0.3) is 10.8 Å². The van der Waals surface area contributed by atoms with Gasteiger partial charge in [-0.05, 0) is 34.8 Å². The zero-order chi connectivity index (χ0) is 30.1. The molecule has 224 valence electrons. The molecule has 42 heavy (non-hydrogen) atoms. The van der Waals surface area contributed by atoms with Crippen molar-refractivity contribution in [2.75, 3.05) is 18.1 Å². The lowest BCUT2D eigenvalue weighted by molar-refractivity contribution is -0.148. The molecule has 4 atom stereocenters. The molecule has 0 radical (unpaired) electrons. The molecule has 4 N–H and O–H groups in total. The van der Waals surface area contributed by atoms with Crippen molar-refractivity contribution in [1.29, 1.82) is 0 Å². The van der Waals surface area contributed by atoms with Crippen LogP contribution in [-0.2, 0) is 35.1 Å². The van der Waals surface area contributed by atoms with Crippen molar-refractivity contribution in [2.24, 2.45) is 5.92 Å². The fourth-order valence-electron chi connectivity index (χ4n) is 4.75. The van der Waals surface area contributed by atoms with E-state index in [1.807, 2.05) is 48.5 Å². The topological polar surface area (TPSA) is 143 Å². The van der Waals surface area contributed by atoms with Gasteiger partial charge in [-0.3, -0.25) is 24.0 Å². The Hall–Kier alpha value is -3.51. The highest BCUT2D eigenvalue weighted by Gasteiger charge is 2.32. The summed E-state index contributed by atoms with van der Waals surface area (Å²) >= 11 is 0. The molecule has 1 saturated heterocycles. The molecule has 2 aromatic rings. The molecular weight excluding hydrogens is 576 g/mol. The van der Waals surface area contributed by atoms with Crippen LogP contribution < -0.4 is 21.3 Å². The van der Waals surface area contributed by atoms with Crippen LogP contribution in [0.3, 0.4) is 0 Å². The number of benzene rings is 2. The maximum atomic E-state index is 13.7. The Balaban J connectivity index is 1.70. The zero-order valence-electron chi connectivity index (χ0n) is 23.6. The second-order valence-electron chi connectivity index (χ2n) is 10.5. The van der Waals surface area contributed by atoms with Crippen molar-refractivity contribution in [1.82, 2.24) is 21.3 Å². The first-order valence-electron chi connectivity index (χ1n) is 14.0. The predicted octanol–water partition coefficient (Wildman–Crippen LogP) is 2.27. The number of esters is 1. The molecule has 0 spiro atoms. The lowest BCUT2D eigenvalue weighted by atomic mass is 9.98. The third-order valence-electron chi connectivity index (χ3n) is 6.95. The molecule has 4 rings (SSSR count). The van der Waals surface area contributed by atoms with Crippen LogP contribution in [0.4, 0.5) is 0 Å². The Morgan fingerprint density at radius 2 is 1.69 bits per heavy atom. The number of nitrogens with one attached hydrogen (secondary N) is 4. The molecule has 1 fully saturated rings. The summed E-state index contributed by atoms with van der Waals surface area (Å²) in [7, 11) is 2.97. The molecule has 4 amide bonds. The number of allylic oxidation sites excluding steroid dienone is 1. The van der Waals surface area contributed by atoms with Crippen LogP contribution >= 0.6 is 21.6 Å². The van der Waals surface area contributed by atoms with E-state index in [0.717, 1.165) is 16.3 Å². The van der Waals surface area contributed by atoms with E-state index in [2.05, 4.69) is 21.3 Å². The highest BCUT2D eigenvalue weighted by atomic mass is 33.1. The van der Waals surface area contributed by atoms with Gasteiger partial charge in [0.25, 0.3) is 0 Å². The van der Waals surface area contributed by atoms with Crippen LogP contribution in [0, 0.1) is 5.92 Å². The summed E-state index contributed by atoms with van der Waals surface area (Å²) in [4.78, 5) is 66.1. The molecule has 0 aliphatic carbocycles. The lowest BCUT2D eigenvalue weighted by Crippen LogP contribution is -2.59. The van der Waals surface area contributed by atoms with E-state index < -0.39 is 60.4 Å². The number of carbonyl (C=O) groups excluding carboxylic acids is 5. The molecule has 2 aromatic carbocycles. The Morgan fingerprint density at radius 3 is 2.50 bits per heavy atom. The Labute approximate surface area is 252 Å². The van der Waals surface area contributed by atoms with Gasteiger partial charge >= 0.3 is 5.97 Å². The van der Waals surface area contributed by atoms with E-state index in [4.69, 9.17) is 4.74 Å². The highest BCUT2D eigenvalue weighted by molar-refractivity contribution is 8.76. The van der Waals surface area contributed by atoms with Crippen molar-refractivity contribution in [2.45, 2.75) is 57.3 Å². The molecule has 2 bridgehead atoms. The van der Waals surface area contributed by atoms with Gasteiger partial charge in [-0.1, -0.05) is 84.0 Å². The Bertz CT molecular complexity index is 1340. The Kier molecular flexibility index (Phi) is 11.3. The highest BCUT2D eigenvalue weighted by Crippen LogP contribution is 2.24. The fraction of sp³-hybridized carbons (Fsp3) is 0.433. The zero-order valence-corrected chi connectivity index (χ0v) is 25.2. The first-order valence-corrected chi connectivity index (χ1v) is 16.4. The maximum Gasteiger partial charge on any atom is 0.326 e. The van der Waals surface area contributed by atoms with Gasteiger partial charge in [0.05, 0.1) is 6.42 Å². The molecule has 0 aromatic heterocycles. The van der Waals surface area contributed by atoms with Crippen molar-refractivity contribution in [3.63, 3.8) is 0 Å². The number of fused-ring (bicyclic) bond motifs is 8. The minimum atomic E-state index is -1.03. The number of ether oxygens (including phenoxy) is 1. The second kappa shape index (κ2) is 15.1. The lowest BCUT2D eigenvalue weighted by Gasteiger charge is -2.27. The van der Waals surface area contributed by atoms with Crippen LogP contribution in [0.2, 0.25) is 0 Å². The van der Waals surface area contributed by atoms with Crippen molar-refractivity contribution < 1.29 is 28.7 Å². The van der Waals surface area contributed by atoms with Gasteiger partial charge in [0.1, 0.15) is 30.8 Å². The second-order valence-corrected chi connectivity index (χ2v) is 13.2. The van der Waals surface area contributed by atoms with E-state index >= 15 is 0 Å². The first-order chi connectivity index (χ1) is 20.2.